The molecule has 1 aromatic rings. The van der Waals surface area contributed by atoms with Gasteiger partial charge in [-0.15, -0.1) is 0 Å². The van der Waals surface area contributed by atoms with E-state index in [1.165, 1.54) is 6.26 Å². The molecular formula is C11H14Cl2O2S. The number of hydrogen-bond acceptors (Lipinski definition) is 2. The van der Waals surface area contributed by atoms with Crippen LogP contribution in [0.15, 0.2) is 12.1 Å². The van der Waals surface area contributed by atoms with Gasteiger partial charge in [0, 0.05) is 16.3 Å². The van der Waals surface area contributed by atoms with E-state index in [9.17, 15) is 8.42 Å². The van der Waals surface area contributed by atoms with Crippen molar-refractivity contribution in [1.29, 1.82) is 0 Å². The molecule has 0 aliphatic heterocycles. The van der Waals surface area contributed by atoms with Crippen molar-refractivity contribution < 1.29 is 8.42 Å². The molecule has 0 aromatic heterocycles. The van der Waals surface area contributed by atoms with E-state index < -0.39 is 9.84 Å². The van der Waals surface area contributed by atoms with Gasteiger partial charge in [0.15, 0.2) is 9.84 Å². The number of rotatable bonds is 3. The molecule has 1 aromatic carbocycles. The number of sulfone groups is 1. The van der Waals surface area contributed by atoms with Crippen molar-refractivity contribution in [3.05, 3.63) is 33.3 Å². The molecule has 90 valence electrons. The van der Waals surface area contributed by atoms with Gasteiger partial charge in [0.1, 0.15) is 0 Å². The maximum absolute atomic E-state index is 11.2. The van der Waals surface area contributed by atoms with Crippen molar-refractivity contribution in [2.24, 2.45) is 0 Å². The van der Waals surface area contributed by atoms with E-state index in [0.29, 0.717) is 15.6 Å². The smallest absolute Gasteiger partial charge is 0.151 e. The van der Waals surface area contributed by atoms with Crippen LogP contribution in [0.25, 0.3) is 0 Å². The first-order chi connectivity index (χ1) is 7.22. The maximum atomic E-state index is 11.2. The summed E-state index contributed by atoms with van der Waals surface area (Å²) in [6, 6.07) is 3.36. The van der Waals surface area contributed by atoms with Crippen LogP contribution in [0.2, 0.25) is 10.0 Å². The second kappa shape index (κ2) is 4.94. The van der Waals surface area contributed by atoms with E-state index in [4.69, 9.17) is 23.2 Å². The zero-order chi connectivity index (χ0) is 12.5. The highest BCUT2D eigenvalue weighted by Crippen LogP contribution is 2.34. The molecule has 5 heteroatoms. The number of halogens is 2. The Morgan fingerprint density at radius 1 is 1.25 bits per heavy atom. The molecule has 0 atom stereocenters. The van der Waals surface area contributed by atoms with Crippen molar-refractivity contribution in [3.8, 4) is 0 Å². The summed E-state index contributed by atoms with van der Waals surface area (Å²) in [4.78, 5) is 0. The Morgan fingerprint density at radius 2 is 1.81 bits per heavy atom. The second-order valence-electron chi connectivity index (χ2n) is 4.16. The quantitative estimate of drug-likeness (QED) is 0.847. The molecule has 0 amide bonds. The maximum Gasteiger partial charge on any atom is 0.151 e. The first-order valence-electron chi connectivity index (χ1n) is 4.87. The van der Waals surface area contributed by atoms with Gasteiger partial charge in [-0.2, -0.15) is 0 Å². The largest absolute Gasteiger partial charge is 0.229 e. The van der Waals surface area contributed by atoms with Crippen molar-refractivity contribution in [1.82, 2.24) is 0 Å². The number of hydrogen-bond donors (Lipinski definition) is 0. The van der Waals surface area contributed by atoms with E-state index in [1.807, 2.05) is 13.8 Å². The third kappa shape index (κ3) is 3.37. The zero-order valence-corrected chi connectivity index (χ0v) is 11.7. The normalized spacial score (nSPS) is 12.1. The van der Waals surface area contributed by atoms with Gasteiger partial charge >= 0.3 is 0 Å². The van der Waals surface area contributed by atoms with Crippen molar-refractivity contribution in [2.75, 3.05) is 6.26 Å². The van der Waals surface area contributed by atoms with E-state index in [2.05, 4.69) is 0 Å². The molecule has 0 fully saturated rings. The van der Waals surface area contributed by atoms with Gasteiger partial charge < -0.3 is 0 Å². The molecule has 0 unspecified atom stereocenters. The van der Waals surface area contributed by atoms with Gasteiger partial charge in [-0.3, -0.25) is 0 Å². The zero-order valence-electron chi connectivity index (χ0n) is 9.42. The molecule has 0 saturated heterocycles. The summed E-state index contributed by atoms with van der Waals surface area (Å²) in [7, 11) is -3.08. The highest BCUT2D eigenvalue weighted by Gasteiger charge is 2.16. The molecular weight excluding hydrogens is 267 g/mol. The summed E-state index contributed by atoms with van der Waals surface area (Å²) in [5.41, 5.74) is 1.42. The van der Waals surface area contributed by atoms with Gasteiger partial charge in [-0.05, 0) is 23.1 Å². The molecule has 0 aliphatic rings. The van der Waals surface area contributed by atoms with Crippen LogP contribution in [-0.4, -0.2) is 14.7 Å². The van der Waals surface area contributed by atoms with Crippen LogP contribution < -0.4 is 0 Å². The summed E-state index contributed by atoms with van der Waals surface area (Å²) < 4.78 is 22.5. The molecule has 0 heterocycles. The van der Waals surface area contributed by atoms with Gasteiger partial charge in [0.05, 0.1) is 5.75 Å². The molecule has 0 radical (unpaired) electrons. The van der Waals surface area contributed by atoms with Gasteiger partial charge in [0.25, 0.3) is 0 Å². The lowest BCUT2D eigenvalue weighted by Gasteiger charge is -2.13. The lowest BCUT2D eigenvalue weighted by atomic mass is 10.0. The first kappa shape index (κ1) is 13.8. The Balaban J connectivity index is 3.29. The predicted octanol–water partition coefficient (Wildman–Crippen LogP) is 3.66. The molecule has 0 bridgehead atoms. The van der Waals surface area contributed by atoms with Crippen molar-refractivity contribution >= 4 is 33.0 Å². The van der Waals surface area contributed by atoms with E-state index in [1.54, 1.807) is 12.1 Å². The average molecular weight is 281 g/mol. The average Bonchev–Trinajstić information content (AvgIpc) is 2.07. The fourth-order valence-corrected chi connectivity index (χ4v) is 3.30. The molecule has 0 aliphatic carbocycles. The van der Waals surface area contributed by atoms with Crippen LogP contribution in [0.3, 0.4) is 0 Å². The third-order valence-electron chi connectivity index (χ3n) is 2.20. The van der Waals surface area contributed by atoms with Crippen molar-refractivity contribution in [3.63, 3.8) is 0 Å². The van der Waals surface area contributed by atoms with Crippen LogP contribution >= 0.6 is 23.2 Å². The summed E-state index contributed by atoms with van der Waals surface area (Å²) in [6.45, 7) is 3.94. The summed E-state index contributed by atoms with van der Waals surface area (Å²) >= 11 is 12.2. The van der Waals surface area contributed by atoms with Crippen LogP contribution in [-0.2, 0) is 15.6 Å². The SMILES string of the molecule is CC(C)c1c(Cl)ccc(CS(C)(=O)=O)c1Cl. The topological polar surface area (TPSA) is 34.1 Å². The Morgan fingerprint density at radius 3 is 2.25 bits per heavy atom. The summed E-state index contributed by atoms with van der Waals surface area (Å²) in [6.07, 6.45) is 1.19. The van der Waals surface area contributed by atoms with Crippen molar-refractivity contribution in [2.45, 2.75) is 25.5 Å². The second-order valence-corrected chi connectivity index (χ2v) is 7.08. The minimum absolute atomic E-state index is 0.0529. The molecule has 16 heavy (non-hydrogen) atoms. The van der Waals surface area contributed by atoms with Gasteiger partial charge in [-0.25, -0.2) is 8.42 Å². The summed E-state index contributed by atoms with van der Waals surface area (Å²) in [5.74, 6) is 0.113. The molecule has 0 spiro atoms. The molecule has 1 rings (SSSR count). The lowest BCUT2D eigenvalue weighted by Crippen LogP contribution is -2.03. The fraction of sp³-hybridized carbons (Fsp3) is 0.455. The Labute approximate surface area is 106 Å². The van der Waals surface area contributed by atoms with E-state index in [-0.39, 0.29) is 11.7 Å². The molecule has 0 N–H and O–H groups in total. The van der Waals surface area contributed by atoms with Crippen LogP contribution in [0.5, 0.6) is 0 Å². The predicted molar refractivity (Wildman–Crippen MR) is 69.1 cm³/mol. The fourth-order valence-electron chi connectivity index (χ4n) is 1.54. The van der Waals surface area contributed by atoms with Gasteiger partial charge in [-0.1, -0.05) is 43.1 Å². The monoisotopic (exact) mass is 280 g/mol. The van der Waals surface area contributed by atoms with Crippen LogP contribution in [0.4, 0.5) is 0 Å². The molecule has 0 saturated carbocycles. The molecule has 2 nitrogen and oxygen atoms in total. The van der Waals surface area contributed by atoms with Crippen LogP contribution in [0, 0.1) is 0 Å². The standard InChI is InChI=1S/C11H14Cl2O2S/c1-7(2)10-9(12)5-4-8(11(10)13)6-16(3,14)15/h4-5,7H,6H2,1-3H3. The van der Waals surface area contributed by atoms with E-state index >= 15 is 0 Å². The summed E-state index contributed by atoms with van der Waals surface area (Å²) in [5, 5.41) is 1.05. The minimum Gasteiger partial charge on any atom is -0.229 e. The first-order valence-corrected chi connectivity index (χ1v) is 7.68. The third-order valence-corrected chi connectivity index (χ3v) is 3.81. The number of benzene rings is 1. The Bertz CT molecular complexity index is 493. The van der Waals surface area contributed by atoms with E-state index in [0.717, 1.165) is 5.56 Å². The highest BCUT2D eigenvalue weighted by atomic mass is 35.5. The highest BCUT2D eigenvalue weighted by molar-refractivity contribution is 7.89. The Kier molecular flexibility index (Phi) is 4.27. The lowest BCUT2D eigenvalue weighted by molar-refractivity contribution is 0.601. The van der Waals surface area contributed by atoms with Crippen LogP contribution in [0.1, 0.15) is 30.9 Å². The van der Waals surface area contributed by atoms with Gasteiger partial charge in [0.2, 0.25) is 0 Å². The Hall–Kier alpha value is -0.250. The minimum atomic E-state index is -3.08.